The van der Waals surface area contributed by atoms with Crippen molar-refractivity contribution in [2.75, 3.05) is 0 Å². The van der Waals surface area contributed by atoms with E-state index in [-0.39, 0.29) is 18.0 Å². The van der Waals surface area contributed by atoms with Gasteiger partial charge in [0.2, 0.25) is 0 Å². The molecule has 0 aliphatic rings. The molecule has 2 heterocycles. The molecule has 0 saturated heterocycles. The van der Waals surface area contributed by atoms with Gasteiger partial charge in [0.15, 0.2) is 5.78 Å². The van der Waals surface area contributed by atoms with E-state index in [1.165, 1.54) is 40.2 Å². The molecule has 2 aromatic heterocycles. The van der Waals surface area contributed by atoms with Crippen LogP contribution in [0.25, 0.3) is 15.9 Å². The summed E-state index contributed by atoms with van der Waals surface area (Å²) < 4.78 is 15.8. The van der Waals surface area contributed by atoms with Gasteiger partial charge < -0.3 is 0 Å². The Hall–Kier alpha value is -2.54. The highest BCUT2D eigenvalue weighted by atomic mass is 32.1. The summed E-state index contributed by atoms with van der Waals surface area (Å²) in [5.74, 6) is -0.580. The number of thiophene rings is 1. The molecule has 3 rings (SSSR count). The second-order valence-corrected chi connectivity index (χ2v) is 7.71. The summed E-state index contributed by atoms with van der Waals surface area (Å²) >= 11 is 1.20. The maximum atomic E-state index is 13.2. The number of carbonyl (C=O) groups excluding carboxylic acids is 1. The number of carbonyl (C=O) groups is 1. The Morgan fingerprint density at radius 2 is 1.76 bits per heavy atom. The molecule has 0 bridgehead atoms. The van der Waals surface area contributed by atoms with Gasteiger partial charge in [-0.25, -0.2) is 13.8 Å². The maximum absolute atomic E-state index is 13.2. The van der Waals surface area contributed by atoms with Crippen LogP contribution in [-0.4, -0.2) is 14.9 Å². The molecule has 0 aliphatic heterocycles. The van der Waals surface area contributed by atoms with Gasteiger partial charge in [-0.15, -0.1) is 11.3 Å². The number of nitrogens with zero attached hydrogens (tertiary/aromatic N) is 2. The molecule has 0 saturated carbocycles. The molecule has 0 spiro atoms. The van der Waals surface area contributed by atoms with Gasteiger partial charge in [0.1, 0.15) is 10.5 Å². The van der Waals surface area contributed by atoms with E-state index in [0.717, 1.165) is 4.57 Å². The second-order valence-electron chi connectivity index (χ2n) is 6.79. The first-order valence-electron chi connectivity index (χ1n) is 7.72. The normalized spacial score (nSPS) is 11.8. The lowest BCUT2D eigenvalue weighted by atomic mass is 9.91. The van der Waals surface area contributed by atoms with Gasteiger partial charge in [0.25, 0.3) is 5.56 Å². The summed E-state index contributed by atoms with van der Waals surface area (Å²) in [5, 5.41) is 1.71. The van der Waals surface area contributed by atoms with Crippen LogP contribution in [0.1, 0.15) is 20.8 Å². The van der Waals surface area contributed by atoms with E-state index in [1.54, 1.807) is 32.2 Å². The van der Waals surface area contributed by atoms with Crippen LogP contribution >= 0.6 is 11.3 Å². The smallest absolute Gasteiger partial charge is 0.297 e. The largest absolute Gasteiger partial charge is 0.336 e. The monoisotopic (exact) mass is 360 g/mol. The number of aromatic nitrogens is 2. The van der Waals surface area contributed by atoms with Crippen LogP contribution in [0, 0.1) is 11.2 Å². The Morgan fingerprint density at radius 1 is 1.12 bits per heavy atom. The molecule has 0 fully saturated rings. The quantitative estimate of drug-likeness (QED) is 0.721. The molecular formula is C18H17FN2O3S. The van der Waals surface area contributed by atoms with E-state index < -0.39 is 22.5 Å². The van der Waals surface area contributed by atoms with Crippen molar-refractivity contribution in [3.05, 3.63) is 62.4 Å². The number of hydrogen-bond donors (Lipinski definition) is 0. The highest BCUT2D eigenvalue weighted by Crippen LogP contribution is 2.20. The third kappa shape index (κ3) is 3.07. The lowest BCUT2D eigenvalue weighted by molar-refractivity contribution is -0.126. The summed E-state index contributed by atoms with van der Waals surface area (Å²) in [6.45, 7) is 5.21. The fourth-order valence-electron chi connectivity index (χ4n) is 2.44. The van der Waals surface area contributed by atoms with Crippen molar-refractivity contribution in [2.45, 2.75) is 27.3 Å². The molecule has 130 valence electrons. The van der Waals surface area contributed by atoms with Gasteiger partial charge in [-0.05, 0) is 35.7 Å². The van der Waals surface area contributed by atoms with Crippen molar-refractivity contribution < 1.29 is 9.18 Å². The predicted molar refractivity (Wildman–Crippen MR) is 96.1 cm³/mol. The van der Waals surface area contributed by atoms with E-state index in [9.17, 15) is 18.8 Å². The third-order valence-corrected chi connectivity index (χ3v) is 4.87. The lowest BCUT2D eigenvalue weighted by Gasteiger charge is -2.18. The van der Waals surface area contributed by atoms with Gasteiger partial charge in [-0.3, -0.25) is 14.2 Å². The fourth-order valence-corrected chi connectivity index (χ4v) is 3.26. The first kappa shape index (κ1) is 17.3. The zero-order valence-corrected chi connectivity index (χ0v) is 14.9. The molecule has 0 N–H and O–H groups in total. The topological polar surface area (TPSA) is 61.1 Å². The van der Waals surface area contributed by atoms with Crippen LogP contribution in [-0.2, 0) is 11.3 Å². The standard InChI is InChI=1S/C18H17FN2O3S/c1-18(2,3)14(22)10-20-13-8-9-25-15(13)16(23)21(17(20)24)12-6-4-11(19)5-7-12/h4-9H,10H2,1-3H3. The average molecular weight is 360 g/mol. The van der Waals surface area contributed by atoms with Crippen molar-refractivity contribution in [1.29, 1.82) is 0 Å². The van der Waals surface area contributed by atoms with E-state index in [1.807, 2.05) is 0 Å². The number of benzene rings is 1. The molecule has 0 atom stereocenters. The van der Waals surface area contributed by atoms with Gasteiger partial charge in [0.05, 0.1) is 17.7 Å². The third-order valence-electron chi connectivity index (χ3n) is 3.98. The van der Waals surface area contributed by atoms with Gasteiger partial charge >= 0.3 is 5.69 Å². The zero-order valence-electron chi connectivity index (χ0n) is 14.1. The summed E-state index contributed by atoms with van der Waals surface area (Å²) in [6, 6.07) is 6.77. The molecule has 0 amide bonds. The van der Waals surface area contributed by atoms with Gasteiger partial charge in [-0.1, -0.05) is 20.8 Å². The molecule has 1 aromatic carbocycles. The number of Topliss-reactive ketones (excluding diaryl/α,β-unsaturated/α-hetero) is 1. The Kier molecular flexibility index (Phi) is 4.20. The van der Waals surface area contributed by atoms with E-state index >= 15 is 0 Å². The van der Waals surface area contributed by atoms with E-state index in [2.05, 4.69) is 0 Å². The Balaban J connectivity index is 2.29. The van der Waals surface area contributed by atoms with Crippen molar-refractivity contribution >= 4 is 27.3 Å². The minimum atomic E-state index is -0.612. The number of fused-ring (bicyclic) bond motifs is 1. The van der Waals surface area contributed by atoms with Gasteiger partial charge in [-0.2, -0.15) is 0 Å². The highest BCUT2D eigenvalue weighted by molar-refractivity contribution is 7.17. The second kappa shape index (κ2) is 6.07. The average Bonchev–Trinajstić information content (AvgIpc) is 3.02. The van der Waals surface area contributed by atoms with Crippen molar-refractivity contribution in [3.63, 3.8) is 0 Å². The van der Waals surface area contributed by atoms with Crippen LogP contribution in [0.15, 0.2) is 45.3 Å². The molecule has 5 nitrogen and oxygen atoms in total. The lowest BCUT2D eigenvalue weighted by Crippen LogP contribution is -2.41. The molecular weight excluding hydrogens is 343 g/mol. The number of ketones is 1. The number of rotatable bonds is 3. The summed E-state index contributed by atoms with van der Waals surface area (Å²) in [4.78, 5) is 38.1. The first-order chi connectivity index (χ1) is 11.7. The predicted octanol–water partition coefficient (Wildman–Crippen LogP) is 2.97. The van der Waals surface area contributed by atoms with Crippen molar-refractivity contribution in [2.24, 2.45) is 5.41 Å². The van der Waals surface area contributed by atoms with Crippen LogP contribution < -0.4 is 11.2 Å². The summed E-state index contributed by atoms with van der Waals surface area (Å²) in [7, 11) is 0. The molecule has 0 aliphatic carbocycles. The number of halogens is 1. The van der Waals surface area contributed by atoms with E-state index in [0.29, 0.717) is 10.2 Å². The molecule has 0 unspecified atom stereocenters. The minimum Gasteiger partial charge on any atom is -0.297 e. The summed E-state index contributed by atoms with van der Waals surface area (Å²) in [5.41, 5.74) is -0.987. The van der Waals surface area contributed by atoms with Crippen molar-refractivity contribution in [3.8, 4) is 5.69 Å². The molecule has 25 heavy (non-hydrogen) atoms. The van der Waals surface area contributed by atoms with Crippen molar-refractivity contribution in [1.82, 2.24) is 9.13 Å². The fraction of sp³-hybridized carbons (Fsp3) is 0.278. The van der Waals surface area contributed by atoms with E-state index in [4.69, 9.17) is 0 Å². The SMILES string of the molecule is CC(C)(C)C(=O)Cn1c(=O)n(-c2ccc(F)cc2)c(=O)c2sccc21. The molecule has 3 aromatic rings. The maximum Gasteiger partial charge on any atom is 0.336 e. The first-order valence-corrected chi connectivity index (χ1v) is 8.60. The van der Waals surface area contributed by atoms with Crippen LogP contribution in [0.3, 0.4) is 0 Å². The van der Waals surface area contributed by atoms with Gasteiger partial charge in [0, 0.05) is 5.41 Å². The highest BCUT2D eigenvalue weighted by Gasteiger charge is 2.24. The summed E-state index contributed by atoms with van der Waals surface area (Å²) in [6.07, 6.45) is 0. The van der Waals surface area contributed by atoms with Crippen LogP contribution in [0.2, 0.25) is 0 Å². The molecule has 0 radical (unpaired) electrons. The van der Waals surface area contributed by atoms with Crippen LogP contribution in [0.4, 0.5) is 4.39 Å². The zero-order chi connectivity index (χ0) is 18.4. The minimum absolute atomic E-state index is 0.119. The Morgan fingerprint density at radius 3 is 2.36 bits per heavy atom. The number of hydrogen-bond acceptors (Lipinski definition) is 4. The molecule has 7 heteroatoms. The Bertz CT molecular complexity index is 1070. The van der Waals surface area contributed by atoms with Crippen LogP contribution in [0.5, 0.6) is 0 Å². The Labute approximate surface area is 147 Å².